The molecule has 5 aliphatic heterocycles. The Kier molecular flexibility index (Phi) is 6.09. The van der Waals surface area contributed by atoms with Crippen molar-refractivity contribution in [2.24, 2.45) is 0 Å². The van der Waals surface area contributed by atoms with Gasteiger partial charge in [-0.25, -0.2) is 4.39 Å². The number of alkyl halides is 1. The number of rotatable bonds is 4. The third-order valence-corrected chi connectivity index (χ3v) is 9.23. The van der Waals surface area contributed by atoms with Gasteiger partial charge in [-0.2, -0.15) is 9.97 Å². The van der Waals surface area contributed by atoms with Gasteiger partial charge in [0, 0.05) is 38.0 Å². The summed E-state index contributed by atoms with van der Waals surface area (Å²) in [5, 5.41) is 0. The SMILES string of the molecule is F[C@H]1CN2CCC[C@@]2(COc2nc3c(c(N4CCCCCC4)n2)COC2(COCc4ccccc42)C3)C1. The molecule has 8 heteroatoms. The van der Waals surface area contributed by atoms with Gasteiger partial charge in [-0.1, -0.05) is 37.1 Å². The van der Waals surface area contributed by atoms with Crippen LogP contribution in [0.2, 0.25) is 0 Å². The zero-order chi connectivity index (χ0) is 24.9. The van der Waals surface area contributed by atoms with E-state index in [1.807, 2.05) is 0 Å². The lowest BCUT2D eigenvalue weighted by Crippen LogP contribution is -2.45. The van der Waals surface area contributed by atoms with Crippen molar-refractivity contribution < 1.29 is 18.6 Å². The number of hydrogen-bond donors (Lipinski definition) is 0. The van der Waals surface area contributed by atoms with Gasteiger partial charge in [0.15, 0.2) is 0 Å². The first-order valence-corrected chi connectivity index (χ1v) is 14.1. The van der Waals surface area contributed by atoms with Crippen LogP contribution in [0.15, 0.2) is 24.3 Å². The summed E-state index contributed by atoms with van der Waals surface area (Å²) >= 11 is 0. The van der Waals surface area contributed by atoms with Crippen molar-refractivity contribution in [1.29, 1.82) is 0 Å². The number of benzene rings is 1. The van der Waals surface area contributed by atoms with Crippen LogP contribution in [0.5, 0.6) is 6.01 Å². The van der Waals surface area contributed by atoms with Gasteiger partial charge in [0.1, 0.15) is 24.2 Å². The maximum Gasteiger partial charge on any atom is 0.318 e. The summed E-state index contributed by atoms with van der Waals surface area (Å²) < 4.78 is 33.4. The first-order valence-electron chi connectivity index (χ1n) is 14.1. The Morgan fingerprint density at radius 3 is 2.78 bits per heavy atom. The van der Waals surface area contributed by atoms with Crippen molar-refractivity contribution >= 4 is 5.82 Å². The Morgan fingerprint density at radius 1 is 1.03 bits per heavy atom. The van der Waals surface area contributed by atoms with E-state index in [0.29, 0.717) is 51.8 Å². The largest absolute Gasteiger partial charge is 0.461 e. The maximum atomic E-state index is 14.3. The van der Waals surface area contributed by atoms with Crippen molar-refractivity contribution in [1.82, 2.24) is 14.9 Å². The van der Waals surface area contributed by atoms with Crippen LogP contribution in [0.4, 0.5) is 10.2 Å². The molecule has 1 unspecified atom stereocenters. The van der Waals surface area contributed by atoms with Crippen LogP contribution in [0.25, 0.3) is 0 Å². The molecular weight excluding hydrogens is 471 g/mol. The van der Waals surface area contributed by atoms with E-state index in [9.17, 15) is 4.39 Å². The van der Waals surface area contributed by atoms with E-state index < -0.39 is 11.8 Å². The summed E-state index contributed by atoms with van der Waals surface area (Å²) in [5.41, 5.74) is 3.68. The molecule has 0 bridgehead atoms. The fourth-order valence-electron chi connectivity index (χ4n) is 7.34. The standard InChI is InChI=1S/C29H37FN4O3/c30-22-14-28(10-7-13-34(28)16-22)19-36-27-31-25-15-29(20-35-17-21-8-3-4-9-24(21)29)37-18-23(25)26(32-27)33-11-5-1-2-6-12-33/h3-4,8-9,22H,1-2,5-7,10-20H2/t22-,28+,29?/m1/s1. The van der Waals surface area contributed by atoms with Crippen molar-refractivity contribution in [3.63, 3.8) is 0 Å². The smallest absolute Gasteiger partial charge is 0.318 e. The summed E-state index contributed by atoms with van der Waals surface area (Å²) in [6, 6.07) is 8.84. The molecule has 0 N–H and O–H groups in total. The molecular formula is C29H37FN4O3. The van der Waals surface area contributed by atoms with Gasteiger partial charge in [-0.3, -0.25) is 4.90 Å². The minimum atomic E-state index is -0.774. The molecule has 3 saturated heterocycles. The first kappa shape index (κ1) is 23.8. The number of halogens is 1. The third kappa shape index (κ3) is 4.21. The lowest BCUT2D eigenvalue weighted by atomic mass is 9.82. The summed E-state index contributed by atoms with van der Waals surface area (Å²) in [6.07, 6.45) is 7.30. The Morgan fingerprint density at radius 2 is 1.89 bits per heavy atom. The quantitative estimate of drug-likeness (QED) is 0.610. The summed E-state index contributed by atoms with van der Waals surface area (Å²) in [7, 11) is 0. The summed E-state index contributed by atoms with van der Waals surface area (Å²) in [6.45, 7) is 5.47. The van der Waals surface area contributed by atoms with Crippen LogP contribution in [0.1, 0.15) is 67.3 Å². The minimum absolute atomic E-state index is 0.220. The third-order valence-electron chi connectivity index (χ3n) is 9.23. The second kappa shape index (κ2) is 9.47. The molecule has 3 fully saturated rings. The Labute approximate surface area is 218 Å². The molecule has 5 aliphatic rings. The van der Waals surface area contributed by atoms with Crippen LogP contribution in [0, 0.1) is 0 Å². The number of anilines is 1. The van der Waals surface area contributed by atoms with Crippen molar-refractivity contribution in [2.75, 3.05) is 44.3 Å². The molecule has 0 amide bonds. The number of nitrogens with zero attached hydrogens (tertiary/aromatic N) is 4. The average Bonchev–Trinajstić information content (AvgIpc) is 3.29. The maximum absolute atomic E-state index is 14.3. The molecule has 2 aromatic rings. The Hall–Kier alpha value is -2.29. The van der Waals surface area contributed by atoms with E-state index in [2.05, 4.69) is 34.1 Å². The molecule has 1 aromatic heterocycles. The molecule has 1 aromatic carbocycles. The van der Waals surface area contributed by atoms with Crippen LogP contribution in [0.3, 0.4) is 0 Å². The highest BCUT2D eigenvalue weighted by molar-refractivity contribution is 5.52. The minimum Gasteiger partial charge on any atom is -0.461 e. The first-order chi connectivity index (χ1) is 18.1. The molecule has 6 heterocycles. The lowest BCUT2D eigenvalue weighted by Gasteiger charge is -2.42. The van der Waals surface area contributed by atoms with Crippen molar-refractivity contribution in [3.05, 3.63) is 46.6 Å². The highest BCUT2D eigenvalue weighted by atomic mass is 19.1. The second-order valence-electron chi connectivity index (χ2n) is 11.6. The number of ether oxygens (including phenoxy) is 3. The van der Waals surface area contributed by atoms with Crippen LogP contribution < -0.4 is 9.64 Å². The van der Waals surface area contributed by atoms with E-state index >= 15 is 0 Å². The van der Waals surface area contributed by atoms with E-state index in [1.165, 1.54) is 24.0 Å². The molecule has 7 nitrogen and oxygen atoms in total. The molecule has 198 valence electrons. The topological polar surface area (TPSA) is 60.0 Å². The van der Waals surface area contributed by atoms with Gasteiger partial charge in [0.25, 0.3) is 0 Å². The van der Waals surface area contributed by atoms with Crippen molar-refractivity contribution in [2.45, 2.75) is 81.9 Å². The van der Waals surface area contributed by atoms with E-state index in [-0.39, 0.29) is 5.54 Å². The number of hydrogen-bond acceptors (Lipinski definition) is 7. The summed E-state index contributed by atoms with van der Waals surface area (Å²) in [5.74, 6) is 0.956. The van der Waals surface area contributed by atoms with Gasteiger partial charge in [-0.05, 0) is 43.4 Å². The monoisotopic (exact) mass is 508 g/mol. The van der Waals surface area contributed by atoms with Crippen molar-refractivity contribution in [3.8, 4) is 6.01 Å². The normalized spacial score (nSPS) is 31.6. The fraction of sp³-hybridized carbons (Fsp3) is 0.655. The van der Waals surface area contributed by atoms with E-state index in [1.54, 1.807) is 0 Å². The van der Waals surface area contributed by atoms with Crippen LogP contribution >= 0.6 is 0 Å². The van der Waals surface area contributed by atoms with Gasteiger partial charge < -0.3 is 19.1 Å². The number of aromatic nitrogens is 2. The van der Waals surface area contributed by atoms with E-state index in [4.69, 9.17) is 24.2 Å². The van der Waals surface area contributed by atoms with E-state index in [0.717, 1.165) is 62.4 Å². The predicted octanol–water partition coefficient (Wildman–Crippen LogP) is 4.31. The Balaban J connectivity index is 1.23. The molecule has 0 radical (unpaired) electrons. The molecule has 1 spiro atoms. The number of fused-ring (bicyclic) bond motifs is 4. The van der Waals surface area contributed by atoms with Gasteiger partial charge in [0.2, 0.25) is 0 Å². The highest BCUT2D eigenvalue weighted by Gasteiger charge is 2.49. The highest BCUT2D eigenvalue weighted by Crippen LogP contribution is 2.44. The van der Waals surface area contributed by atoms with Crippen LogP contribution in [-0.4, -0.2) is 66.0 Å². The van der Waals surface area contributed by atoms with Gasteiger partial charge in [0.05, 0.1) is 31.1 Å². The zero-order valence-corrected chi connectivity index (χ0v) is 21.6. The van der Waals surface area contributed by atoms with Gasteiger partial charge in [-0.15, -0.1) is 0 Å². The average molecular weight is 509 g/mol. The molecule has 0 aliphatic carbocycles. The van der Waals surface area contributed by atoms with Gasteiger partial charge >= 0.3 is 6.01 Å². The summed E-state index contributed by atoms with van der Waals surface area (Å²) in [4.78, 5) is 14.7. The second-order valence-corrected chi connectivity index (χ2v) is 11.6. The Bertz CT molecular complexity index is 1160. The molecule has 3 atom stereocenters. The zero-order valence-electron chi connectivity index (χ0n) is 21.6. The molecule has 7 rings (SSSR count). The lowest BCUT2D eigenvalue weighted by molar-refractivity contribution is -0.136. The molecule has 37 heavy (non-hydrogen) atoms. The predicted molar refractivity (Wildman–Crippen MR) is 138 cm³/mol. The molecule has 0 saturated carbocycles. The fourth-order valence-corrected chi connectivity index (χ4v) is 7.34. The van der Waals surface area contributed by atoms with Crippen LogP contribution in [-0.2, 0) is 34.7 Å².